The highest BCUT2D eigenvalue weighted by Gasteiger charge is 2.51. The summed E-state index contributed by atoms with van der Waals surface area (Å²) in [4.78, 5) is 13.4. The maximum absolute atomic E-state index is 13.4. The van der Waals surface area contributed by atoms with Crippen LogP contribution in [0.3, 0.4) is 0 Å². The van der Waals surface area contributed by atoms with Crippen molar-refractivity contribution < 1.29 is 64.6 Å². The number of nitrogens with one attached hydrogen (secondary N) is 1. The maximum atomic E-state index is 13.4. The first-order chi connectivity index (χ1) is 48.6. The van der Waals surface area contributed by atoms with E-state index in [0.29, 0.717) is 12.8 Å². The Labute approximate surface area is 601 Å². The van der Waals surface area contributed by atoms with E-state index in [1.54, 1.807) is 6.08 Å². The highest BCUT2D eigenvalue weighted by molar-refractivity contribution is 5.76. The Morgan fingerprint density at radius 2 is 0.707 bits per heavy atom. The number of hydrogen-bond donors (Lipinski definition) is 9. The van der Waals surface area contributed by atoms with Gasteiger partial charge in [0.1, 0.15) is 48.8 Å². The minimum absolute atomic E-state index is 0.241. The van der Waals surface area contributed by atoms with Crippen molar-refractivity contribution in [2.45, 2.75) is 351 Å². The number of allylic oxidation sites excluding steroid dienone is 25. The van der Waals surface area contributed by atoms with Crippen LogP contribution in [-0.4, -0.2) is 140 Å². The molecule has 14 nitrogen and oxygen atoms in total. The predicted octanol–water partition coefficient (Wildman–Crippen LogP) is 17.7. The van der Waals surface area contributed by atoms with Crippen LogP contribution in [0.5, 0.6) is 0 Å². The van der Waals surface area contributed by atoms with E-state index in [1.807, 2.05) is 6.08 Å². The van der Waals surface area contributed by atoms with Crippen LogP contribution in [0.1, 0.15) is 277 Å². The number of rotatable bonds is 63. The summed E-state index contributed by atoms with van der Waals surface area (Å²) in [6, 6.07) is -0.956. The lowest BCUT2D eigenvalue weighted by Gasteiger charge is -2.46. The van der Waals surface area contributed by atoms with Crippen molar-refractivity contribution in [3.8, 4) is 0 Å². The summed E-state index contributed by atoms with van der Waals surface area (Å²) < 4.78 is 22.9. The predicted molar refractivity (Wildman–Crippen MR) is 410 cm³/mol. The summed E-state index contributed by atoms with van der Waals surface area (Å²) in [7, 11) is 0. The Morgan fingerprint density at radius 1 is 0.374 bits per heavy atom. The molecule has 0 spiro atoms. The van der Waals surface area contributed by atoms with Crippen LogP contribution in [0.25, 0.3) is 0 Å². The highest BCUT2D eigenvalue weighted by Crippen LogP contribution is 2.30. The molecule has 14 heteroatoms. The normalized spacial score (nSPS) is 22.8. The lowest BCUT2D eigenvalue weighted by atomic mass is 9.97. The molecule has 9 N–H and O–H groups in total. The van der Waals surface area contributed by atoms with Gasteiger partial charge in [-0.15, -0.1) is 0 Å². The molecule has 0 aromatic rings. The standard InChI is InChI=1S/C85H141NO13/c1-3-5-7-9-11-13-15-17-19-21-23-25-27-29-31-32-33-34-35-36-37-38-39-40-41-42-43-45-47-49-51-53-55-57-59-61-63-65-67-69-77(90)86-73(72-96-84-82(95)80(93)83(76(71-88)98-84)99-85-81(94)79(92)78(91)75(70-87)97-85)74(89)68-66-64-62-60-58-56-54-52-50-48-46-44-30-28-26-24-22-20-18-16-14-12-10-8-6-4-2/h5,7,11,13,17,19,23,25,29,31,33-34,36-37,39-40,42-43,47,49,53,55,58,60,66,68,73-76,78-85,87-89,91-95H,3-4,6,8-10,12,14-16,18,20-22,24,26-28,30,32,35,38,41,44-46,48,50-52,54,56-57,59,61-65,67,69-72H2,1-2H3,(H,86,90)/b7-5-,13-11-,19-17-,25-23-,31-29-,34-33-,37-36-,40-39-,43-42-,49-47-,55-53-,60-58+,68-66+. The van der Waals surface area contributed by atoms with Crippen molar-refractivity contribution in [3.05, 3.63) is 158 Å². The van der Waals surface area contributed by atoms with Gasteiger partial charge in [0.25, 0.3) is 0 Å². The monoisotopic (exact) mass is 1380 g/mol. The van der Waals surface area contributed by atoms with E-state index in [1.165, 1.54) is 128 Å². The minimum Gasteiger partial charge on any atom is -0.394 e. The number of hydrogen-bond acceptors (Lipinski definition) is 13. The number of carbonyl (C=O) groups is 1. The van der Waals surface area contributed by atoms with E-state index >= 15 is 0 Å². The van der Waals surface area contributed by atoms with Crippen LogP contribution in [-0.2, 0) is 23.7 Å². The molecule has 0 bridgehead atoms. The molecule has 564 valence electrons. The molecule has 2 heterocycles. The molecule has 0 aromatic carbocycles. The zero-order valence-electron chi connectivity index (χ0n) is 61.7. The molecule has 12 unspecified atom stereocenters. The number of unbranched alkanes of at least 4 members (excludes halogenated alkanes) is 26. The molecular formula is C85H141NO13. The molecule has 99 heavy (non-hydrogen) atoms. The summed E-state index contributed by atoms with van der Waals surface area (Å²) >= 11 is 0. The Bertz CT molecular complexity index is 2280. The third kappa shape index (κ3) is 49.8. The number of amides is 1. The van der Waals surface area contributed by atoms with Gasteiger partial charge in [-0.2, -0.15) is 0 Å². The molecule has 2 rings (SSSR count). The number of aliphatic hydroxyl groups is 8. The van der Waals surface area contributed by atoms with Gasteiger partial charge in [0.15, 0.2) is 12.6 Å². The van der Waals surface area contributed by atoms with Gasteiger partial charge in [0, 0.05) is 6.42 Å². The first-order valence-corrected chi connectivity index (χ1v) is 39.2. The molecule has 0 saturated carbocycles. The number of ether oxygens (including phenoxy) is 4. The second-order valence-electron chi connectivity index (χ2n) is 26.7. The van der Waals surface area contributed by atoms with Gasteiger partial charge in [0.05, 0.1) is 32.0 Å². The van der Waals surface area contributed by atoms with Gasteiger partial charge in [-0.1, -0.05) is 313 Å². The van der Waals surface area contributed by atoms with Crippen LogP contribution in [0, 0.1) is 0 Å². The summed E-state index contributed by atoms with van der Waals surface area (Å²) in [6.45, 7) is 2.67. The van der Waals surface area contributed by atoms with E-state index in [4.69, 9.17) is 18.9 Å². The fraction of sp³-hybridized carbons (Fsp3) is 0.682. The van der Waals surface area contributed by atoms with Crippen LogP contribution in [0.2, 0.25) is 0 Å². The molecule has 12 atom stereocenters. The van der Waals surface area contributed by atoms with Crippen LogP contribution in [0.4, 0.5) is 0 Å². The molecule has 2 fully saturated rings. The third-order valence-corrected chi connectivity index (χ3v) is 17.9. The summed E-state index contributed by atoms with van der Waals surface area (Å²) in [5.74, 6) is -0.272. The number of carbonyl (C=O) groups excluding carboxylic acids is 1. The Kier molecular flexibility index (Phi) is 61.2. The van der Waals surface area contributed by atoms with Crippen molar-refractivity contribution in [1.29, 1.82) is 0 Å². The molecule has 0 radical (unpaired) electrons. The smallest absolute Gasteiger partial charge is 0.220 e. The summed E-state index contributed by atoms with van der Waals surface area (Å²) in [6.07, 6.45) is 85.9. The second-order valence-corrected chi connectivity index (χ2v) is 26.7. The summed E-state index contributed by atoms with van der Waals surface area (Å²) in [5, 5.41) is 87.6. The fourth-order valence-electron chi connectivity index (χ4n) is 11.8. The zero-order valence-corrected chi connectivity index (χ0v) is 61.7. The van der Waals surface area contributed by atoms with E-state index in [9.17, 15) is 45.6 Å². The van der Waals surface area contributed by atoms with Crippen molar-refractivity contribution in [3.63, 3.8) is 0 Å². The molecule has 2 aliphatic heterocycles. The van der Waals surface area contributed by atoms with Gasteiger partial charge >= 0.3 is 0 Å². The number of aliphatic hydroxyl groups excluding tert-OH is 8. The van der Waals surface area contributed by atoms with Gasteiger partial charge in [0.2, 0.25) is 5.91 Å². The van der Waals surface area contributed by atoms with Gasteiger partial charge in [-0.05, 0) is 116 Å². The van der Waals surface area contributed by atoms with E-state index in [2.05, 4.69) is 165 Å². The SMILES string of the molecule is CC/C=C\C/C=C\C/C=C\C/C=C\C/C=C\C/C=C\C/C=C\C/C=C\C/C=C\C/C=C\C/C=C\CCCCCCCC(=O)NC(COC1OC(CO)C(OC2OC(CO)C(O)C(O)C2O)C(O)C1O)C(O)/C=C/CC/C=C/CCCCCCCCCCCCCCCCCCCCCC. The maximum Gasteiger partial charge on any atom is 0.220 e. The highest BCUT2D eigenvalue weighted by atomic mass is 16.7. The Balaban J connectivity index is 1.67. The fourth-order valence-corrected chi connectivity index (χ4v) is 11.8. The molecule has 0 aliphatic carbocycles. The van der Waals surface area contributed by atoms with Gasteiger partial charge in [-0.3, -0.25) is 4.79 Å². The van der Waals surface area contributed by atoms with Gasteiger partial charge < -0.3 is 65.1 Å². The quantitative estimate of drug-likeness (QED) is 0.0204. The minimum atomic E-state index is -1.80. The average molecular weight is 1390 g/mol. The molecule has 2 aliphatic rings. The molecule has 0 aromatic heterocycles. The second kappa shape index (κ2) is 66.8. The first kappa shape index (κ1) is 90.7. The lowest BCUT2D eigenvalue weighted by molar-refractivity contribution is -0.359. The van der Waals surface area contributed by atoms with Crippen LogP contribution < -0.4 is 5.32 Å². The van der Waals surface area contributed by atoms with Crippen LogP contribution >= 0.6 is 0 Å². The Morgan fingerprint density at radius 3 is 1.11 bits per heavy atom. The van der Waals surface area contributed by atoms with E-state index < -0.39 is 86.8 Å². The van der Waals surface area contributed by atoms with Crippen molar-refractivity contribution in [2.24, 2.45) is 0 Å². The molecule has 2 saturated heterocycles. The molecular weight excluding hydrogens is 1240 g/mol. The van der Waals surface area contributed by atoms with Gasteiger partial charge in [-0.25, -0.2) is 0 Å². The average Bonchev–Trinajstić information content (AvgIpc) is 0.794. The first-order valence-electron chi connectivity index (χ1n) is 39.2. The largest absolute Gasteiger partial charge is 0.394 e. The van der Waals surface area contributed by atoms with Crippen molar-refractivity contribution >= 4 is 5.91 Å². The Hall–Kier alpha value is -4.39. The zero-order chi connectivity index (χ0) is 71.5. The molecule has 1 amide bonds. The topological polar surface area (TPSA) is 228 Å². The van der Waals surface area contributed by atoms with Crippen molar-refractivity contribution in [1.82, 2.24) is 5.32 Å². The summed E-state index contributed by atoms with van der Waals surface area (Å²) in [5.41, 5.74) is 0. The van der Waals surface area contributed by atoms with Crippen molar-refractivity contribution in [2.75, 3.05) is 19.8 Å². The third-order valence-electron chi connectivity index (χ3n) is 17.9. The lowest BCUT2D eigenvalue weighted by Crippen LogP contribution is -2.65. The van der Waals surface area contributed by atoms with E-state index in [-0.39, 0.29) is 18.9 Å². The van der Waals surface area contributed by atoms with Crippen LogP contribution in [0.15, 0.2) is 158 Å². The van der Waals surface area contributed by atoms with E-state index in [0.717, 1.165) is 116 Å².